The molecule has 88 valence electrons. The molecule has 0 N–H and O–H groups in total. The summed E-state index contributed by atoms with van der Waals surface area (Å²) < 4.78 is 14.5. The molecule has 3 nitrogen and oxygen atoms in total. The largest absolute Gasteiger partial charge is 0.292 e. The van der Waals surface area contributed by atoms with Crippen LogP contribution in [0.25, 0.3) is 0 Å². The minimum Gasteiger partial charge on any atom is -0.292 e. The fraction of sp³-hybridized carbons (Fsp3) is 0.167. The first-order valence-electron chi connectivity index (χ1n) is 5.03. The van der Waals surface area contributed by atoms with E-state index in [9.17, 15) is 9.18 Å². The average Bonchev–Trinajstić information content (AvgIpc) is 2.70. The molecule has 0 atom stereocenters. The Kier molecular flexibility index (Phi) is 3.24. The lowest BCUT2D eigenvalue weighted by molar-refractivity contribution is 0.0984. The highest BCUT2D eigenvalue weighted by Gasteiger charge is 2.13. The molecule has 1 aromatic heterocycles. The van der Waals surface area contributed by atoms with E-state index in [2.05, 4.69) is 5.10 Å². The van der Waals surface area contributed by atoms with Crippen molar-refractivity contribution in [1.82, 2.24) is 9.78 Å². The number of Topliss-reactive ketones (excluding diaryl/α,β-unsaturated/α-hetero) is 1. The Labute approximate surface area is 103 Å². The Morgan fingerprint density at radius 1 is 1.47 bits per heavy atom. The number of hydrogen-bond donors (Lipinski definition) is 0. The molecule has 17 heavy (non-hydrogen) atoms. The fourth-order valence-corrected chi connectivity index (χ4v) is 1.77. The van der Waals surface area contributed by atoms with Crippen molar-refractivity contribution in [3.05, 3.63) is 52.6 Å². The van der Waals surface area contributed by atoms with Gasteiger partial charge < -0.3 is 0 Å². The van der Waals surface area contributed by atoms with Crippen LogP contribution >= 0.6 is 11.6 Å². The van der Waals surface area contributed by atoms with Gasteiger partial charge in [0.2, 0.25) is 0 Å². The number of ketones is 1. The Morgan fingerprint density at radius 2 is 2.24 bits per heavy atom. The summed E-state index contributed by atoms with van der Waals surface area (Å²) in [6.45, 7) is 0. The number of hydrogen-bond acceptors (Lipinski definition) is 2. The van der Waals surface area contributed by atoms with Gasteiger partial charge in [0.05, 0.1) is 0 Å². The van der Waals surface area contributed by atoms with Gasteiger partial charge in [-0.25, -0.2) is 4.39 Å². The van der Waals surface area contributed by atoms with E-state index >= 15 is 0 Å². The topological polar surface area (TPSA) is 34.9 Å². The summed E-state index contributed by atoms with van der Waals surface area (Å²) in [7, 11) is 1.68. The zero-order valence-corrected chi connectivity index (χ0v) is 9.91. The van der Waals surface area contributed by atoms with Gasteiger partial charge in [-0.1, -0.05) is 11.6 Å². The predicted octanol–water partition coefficient (Wildman–Crippen LogP) is 2.64. The lowest BCUT2D eigenvalue weighted by Crippen LogP contribution is -2.10. The summed E-state index contributed by atoms with van der Waals surface area (Å²) >= 11 is 5.90. The summed E-state index contributed by atoms with van der Waals surface area (Å²) in [4.78, 5) is 11.9. The summed E-state index contributed by atoms with van der Waals surface area (Å²) in [6, 6.07) is 5.61. The fourth-order valence-electron chi connectivity index (χ4n) is 1.59. The molecule has 5 heteroatoms. The van der Waals surface area contributed by atoms with Crippen molar-refractivity contribution in [3.63, 3.8) is 0 Å². The zero-order valence-electron chi connectivity index (χ0n) is 9.15. The maximum Gasteiger partial charge on any atom is 0.185 e. The number of rotatable bonds is 3. The van der Waals surface area contributed by atoms with E-state index in [4.69, 9.17) is 11.6 Å². The first-order chi connectivity index (χ1) is 8.08. The molecule has 1 heterocycles. The van der Waals surface area contributed by atoms with Crippen molar-refractivity contribution in [3.8, 4) is 0 Å². The van der Waals surface area contributed by atoms with E-state index in [1.165, 1.54) is 22.9 Å². The van der Waals surface area contributed by atoms with E-state index < -0.39 is 5.82 Å². The van der Waals surface area contributed by atoms with Crippen LogP contribution in [-0.2, 0) is 13.5 Å². The molecule has 0 fully saturated rings. The highest BCUT2D eigenvalue weighted by atomic mass is 35.5. The van der Waals surface area contributed by atoms with Gasteiger partial charge in [-0.15, -0.1) is 0 Å². The van der Waals surface area contributed by atoms with E-state index in [1.807, 2.05) is 0 Å². The monoisotopic (exact) mass is 252 g/mol. The van der Waals surface area contributed by atoms with Crippen LogP contribution in [0.1, 0.15) is 16.1 Å². The molecule has 0 bridgehead atoms. The number of carbonyl (C=O) groups is 1. The molecule has 2 rings (SSSR count). The molecule has 0 saturated carbocycles. The van der Waals surface area contributed by atoms with Gasteiger partial charge in [-0.3, -0.25) is 9.48 Å². The van der Waals surface area contributed by atoms with Crippen LogP contribution in [0.15, 0.2) is 30.5 Å². The predicted molar refractivity (Wildman–Crippen MR) is 62.7 cm³/mol. The van der Waals surface area contributed by atoms with Crippen LogP contribution < -0.4 is 0 Å². The molecule has 0 aliphatic heterocycles. The minimum atomic E-state index is -0.401. The smallest absolute Gasteiger partial charge is 0.185 e. The summed E-state index contributed by atoms with van der Waals surface area (Å²) in [5.74, 6) is -0.542. The Balaban J connectivity index is 2.24. The number of aromatic nitrogens is 2. The van der Waals surface area contributed by atoms with Crippen LogP contribution in [0.5, 0.6) is 0 Å². The molecule has 0 amide bonds. The Hall–Kier alpha value is -1.68. The Morgan fingerprint density at radius 3 is 2.88 bits per heavy atom. The number of aryl methyl sites for hydroxylation is 1. The molecule has 2 aromatic rings. The van der Waals surface area contributed by atoms with Crippen molar-refractivity contribution < 1.29 is 9.18 Å². The molecule has 0 saturated heterocycles. The van der Waals surface area contributed by atoms with Gasteiger partial charge >= 0.3 is 0 Å². The summed E-state index contributed by atoms with van der Waals surface area (Å²) in [5.41, 5.74) is 0.961. The standard InChI is InChI=1S/C12H10ClFN2O/c1-16-11(4-5-15-16)12(17)7-8-6-9(14)2-3-10(8)13/h2-6H,7H2,1H3. The highest BCUT2D eigenvalue weighted by Crippen LogP contribution is 2.19. The SMILES string of the molecule is Cn1nccc1C(=O)Cc1cc(F)ccc1Cl. The normalized spacial score (nSPS) is 10.5. The molecule has 0 aliphatic carbocycles. The van der Waals surface area contributed by atoms with Gasteiger partial charge in [-0.2, -0.15) is 5.10 Å². The number of carbonyl (C=O) groups excluding carboxylic acids is 1. The van der Waals surface area contributed by atoms with Crippen molar-refractivity contribution >= 4 is 17.4 Å². The maximum atomic E-state index is 13.0. The van der Waals surface area contributed by atoms with Gasteiger partial charge in [0.25, 0.3) is 0 Å². The first kappa shape index (κ1) is 11.8. The Bertz CT molecular complexity index is 565. The molecular formula is C12H10ClFN2O. The van der Waals surface area contributed by atoms with Crippen LogP contribution in [0, 0.1) is 5.82 Å². The van der Waals surface area contributed by atoms with Gasteiger partial charge in [0.15, 0.2) is 5.78 Å². The average molecular weight is 253 g/mol. The van der Waals surface area contributed by atoms with Gasteiger partial charge in [0, 0.05) is 24.7 Å². The minimum absolute atomic E-state index is 0.0656. The van der Waals surface area contributed by atoms with Crippen LogP contribution in [0.2, 0.25) is 5.02 Å². The third kappa shape index (κ3) is 2.53. The summed E-state index contributed by atoms with van der Waals surface area (Å²) in [6.07, 6.45) is 1.61. The maximum absolute atomic E-state index is 13.0. The molecule has 0 unspecified atom stereocenters. The number of nitrogens with zero attached hydrogens (tertiary/aromatic N) is 2. The second kappa shape index (κ2) is 4.67. The van der Waals surface area contributed by atoms with E-state index in [-0.39, 0.29) is 12.2 Å². The molecule has 0 radical (unpaired) electrons. The highest BCUT2D eigenvalue weighted by molar-refractivity contribution is 6.31. The zero-order chi connectivity index (χ0) is 12.4. The summed E-state index contributed by atoms with van der Waals surface area (Å²) in [5, 5.41) is 4.30. The van der Waals surface area contributed by atoms with Crippen molar-refractivity contribution in [1.29, 1.82) is 0 Å². The van der Waals surface area contributed by atoms with Crippen LogP contribution in [0.3, 0.4) is 0 Å². The second-order valence-electron chi connectivity index (χ2n) is 3.68. The second-order valence-corrected chi connectivity index (χ2v) is 4.08. The molecule has 0 spiro atoms. The van der Waals surface area contributed by atoms with Crippen LogP contribution in [0.4, 0.5) is 4.39 Å². The van der Waals surface area contributed by atoms with Crippen LogP contribution in [-0.4, -0.2) is 15.6 Å². The quantitative estimate of drug-likeness (QED) is 0.787. The first-order valence-corrected chi connectivity index (χ1v) is 5.41. The lowest BCUT2D eigenvalue weighted by Gasteiger charge is -2.04. The third-order valence-corrected chi connectivity index (χ3v) is 2.83. The van der Waals surface area contributed by atoms with E-state index in [0.717, 1.165) is 0 Å². The van der Waals surface area contributed by atoms with Crippen molar-refractivity contribution in [2.75, 3.05) is 0 Å². The molecular weight excluding hydrogens is 243 g/mol. The van der Waals surface area contributed by atoms with Gasteiger partial charge in [-0.05, 0) is 29.8 Å². The van der Waals surface area contributed by atoms with E-state index in [0.29, 0.717) is 16.3 Å². The van der Waals surface area contributed by atoms with Crippen molar-refractivity contribution in [2.24, 2.45) is 7.05 Å². The van der Waals surface area contributed by atoms with Crippen molar-refractivity contribution in [2.45, 2.75) is 6.42 Å². The number of halogens is 2. The van der Waals surface area contributed by atoms with E-state index in [1.54, 1.807) is 19.3 Å². The molecule has 0 aliphatic rings. The lowest BCUT2D eigenvalue weighted by atomic mass is 10.1. The van der Waals surface area contributed by atoms with Gasteiger partial charge in [0.1, 0.15) is 11.5 Å². The third-order valence-electron chi connectivity index (χ3n) is 2.47. The molecule has 1 aromatic carbocycles. The number of benzene rings is 1.